The first kappa shape index (κ1) is 22.6. The third kappa shape index (κ3) is 4.24. The molecule has 3 aliphatic rings. The number of thioether (sulfide) groups is 1. The Labute approximate surface area is 203 Å². The first-order chi connectivity index (χ1) is 16.1. The van der Waals surface area contributed by atoms with Gasteiger partial charge in [-0.1, -0.05) is 42.2 Å². The quantitative estimate of drug-likeness (QED) is 0.464. The molecule has 3 saturated heterocycles. The predicted octanol–water partition coefficient (Wildman–Crippen LogP) is 4.39. The molecule has 2 aromatic rings. The van der Waals surface area contributed by atoms with Crippen LogP contribution >= 0.6 is 24.0 Å². The van der Waals surface area contributed by atoms with Crippen LogP contribution in [0.25, 0.3) is 17.0 Å². The predicted molar refractivity (Wildman–Crippen MR) is 139 cm³/mol. The first-order valence-electron chi connectivity index (χ1n) is 11.9. The van der Waals surface area contributed by atoms with E-state index in [1.54, 1.807) is 11.0 Å². The number of hydrogen-bond donors (Lipinski definition) is 0. The molecule has 1 unspecified atom stereocenters. The highest BCUT2D eigenvalue weighted by Gasteiger charge is 2.35. The number of carbonyl (C=O) groups excluding carboxylic acids is 1. The van der Waals surface area contributed by atoms with Gasteiger partial charge in [0, 0.05) is 31.6 Å². The second-order valence-electron chi connectivity index (χ2n) is 8.80. The van der Waals surface area contributed by atoms with E-state index in [4.69, 9.17) is 17.0 Å². The summed E-state index contributed by atoms with van der Waals surface area (Å²) in [6.07, 6.45) is 7.21. The molecular formula is C25H29N3O3S2. The number of aryl methyl sites for hydroxylation is 1. The minimum atomic E-state index is -0.124. The molecule has 0 bridgehead atoms. The molecular weight excluding hydrogens is 454 g/mol. The summed E-state index contributed by atoms with van der Waals surface area (Å²) in [6.45, 7) is 5.61. The van der Waals surface area contributed by atoms with Gasteiger partial charge in [-0.3, -0.25) is 14.5 Å². The molecule has 1 aromatic heterocycles. The number of hydrogen-bond acceptors (Lipinski definition) is 6. The Bertz CT molecular complexity index is 1180. The number of nitrogens with zero attached hydrogens (tertiary/aromatic N) is 3. The van der Waals surface area contributed by atoms with Crippen LogP contribution in [0.5, 0.6) is 0 Å². The highest BCUT2D eigenvalue weighted by atomic mass is 32.2. The molecule has 3 fully saturated rings. The maximum absolute atomic E-state index is 13.7. The van der Waals surface area contributed by atoms with Gasteiger partial charge in [0.15, 0.2) is 0 Å². The van der Waals surface area contributed by atoms with Crippen LogP contribution in [0.2, 0.25) is 0 Å². The van der Waals surface area contributed by atoms with Crippen molar-refractivity contribution in [3.05, 3.63) is 45.1 Å². The van der Waals surface area contributed by atoms with E-state index in [0.717, 1.165) is 62.0 Å². The van der Waals surface area contributed by atoms with E-state index in [9.17, 15) is 9.59 Å². The lowest BCUT2D eigenvalue weighted by atomic mass is 10.0. The van der Waals surface area contributed by atoms with Gasteiger partial charge < -0.3 is 14.2 Å². The Balaban J connectivity index is 1.62. The lowest BCUT2D eigenvalue weighted by Gasteiger charge is -2.31. The molecule has 0 N–H and O–H groups in total. The van der Waals surface area contributed by atoms with Crippen molar-refractivity contribution >= 4 is 56.9 Å². The largest absolute Gasteiger partial charge is 0.376 e. The van der Waals surface area contributed by atoms with Crippen LogP contribution in [-0.4, -0.2) is 52.0 Å². The average molecular weight is 484 g/mol. The standard InChI is InChI=1S/C25H29N3O3S2/c1-2-27-20-11-5-4-10-18(20)22(26-12-6-3-7-13-26)19(23(27)29)15-21-24(30)28(25(32)33-21)16-17-9-8-14-31-17/h4-5,10-11,15,17H,2-3,6-9,12-14,16H2,1H3. The SMILES string of the molecule is CCn1c(=O)c(C=C2SC(=S)N(CC3CCCO3)C2=O)c(N2CCCCC2)c2ccccc21. The number of para-hydroxylation sites is 1. The summed E-state index contributed by atoms with van der Waals surface area (Å²) in [5.74, 6) is -0.124. The molecule has 0 radical (unpaired) electrons. The fourth-order valence-electron chi connectivity index (χ4n) is 5.09. The van der Waals surface area contributed by atoms with Gasteiger partial charge in [0.25, 0.3) is 11.5 Å². The summed E-state index contributed by atoms with van der Waals surface area (Å²) >= 11 is 6.83. The molecule has 3 aliphatic heterocycles. The van der Waals surface area contributed by atoms with Crippen molar-refractivity contribution < 1.29 is 9.53 Å². The number of carbonyl (C=O) groups is 1. The first-order valence-corrected chi connectivity index (χ1v) is 13.1. The number of ether oxygens (including phenoxy) is 1. The van der Waals surface area contributed by atoms with Crippen molar-refractivity contribution in [2.45, 2.75) is 51.7 Å². The smallest absolute Gasteiger partial charge is 0.266 e. The average Bonchev–Trinajstić information content (AvgIpc) is 3.44. The van der Waals surface area contributed by atoms with E-state index in [1.807, 2.05) is 29.7 Å². The maximum atomic E-state index is 13.7. The van der Waals surface area contributed by atoms with Crippen LogP contribution in [0.1, 0.15) is 44.6 Å². The number of anilines is 1. The molecule has 5 rings (SSSR count). The number of aromatic nitrogens is 1. The Morgan fingerprint density at radius 3 is 2.67 bits per heavy atom. The summed E-state index contributed by atoms with van der Waals surface area (Å²) in [4.78, 5) is 31.5. The van der Waals surface area contributed by atoms with E-state index >= 15 is 0 Å². The molecule has 4 heterocycles. The zero-order chi connectivity index (χ0) is 22.9. The van der Waals surface area contributed by atoms with Gasteiger partial charge in [-0.2, -0.15) is 0 Å². The monoisotopic (exact) mass is 483 g/mol. The molecule has 0 spiro atoms. The number of pyridine rings is 1. The number of fused-ring (bicyclic) bond motifs is 1. The molecule has 1 aromatic carbocycles. The summed E-state index contributed by atoms with van der Waals surface area (Å²) in [5, 5.41) is 1.06. The molecule has 1 amide bonds. The van der Waals surface area contributed by atoms with Crippen LogP contribution in [0.15, 0.2) is 34.0 Å². The van der Waals surface area contributed by atoms with Crippen LogP contribution in [0, 0.1) is 0 Å². The van der Waals surface area contributed by atoms with E-state index < -0.39 is 0 Å². The van der Waals surface area contributed by atoms with Crippen LogP contribution < -0.4 is 10.5 Å². The molecule has 0 saturated carbocycles. The zero-order valence-corrected chi connectivity index (χ0v) is 20.6. The Morgan fingerprint density at radius 2 is 1.94 bits per heavy atom. The van der Waals surface area contributed by atoms with Gasteiger partial charge in [0.2, 0.25) is 0 Å². The Kier molecular flexibility index (Phi) is 6.58. The fourth-order valence-corrected chi connectivity index (χ4v) is 6.35. The summed E-state index contributed by atoms with van der Waals surface area (Å²) in [5.41, 5.74) is 2.43. The van der Waals surface area contributed by atoms with Crippen molar-refractivity contribution in [1.82, 2.24) is 9.47 Å². The number of amides is 1. The molecule has 174 valence electrons. The van der Waals surface area contributed by atoms with Gasteiger partial charge in [-0.15, -0.1) is 0 Å². The molecule has 6 nitrogen and oxygen atoms in total. The molecule has 0 aliphatic carbocycles. The maximum Gasteiger partial charge on any atom is 0.266 e. The summed E-state index contributed by atoms with van der Waals surface area (Å²) in [7, 11) is 0. The minimum Gasteiger partial charge on any atom is -0.376 e. The van der Waals surface area contributed by atoms with Crippen molar-refractivity contribution in [3.63, 3.8) is 0 Å². The van der Waals surface area contributed by atoms with Crippen molar-refractivity contribution in [2.75, 3.05) is 31.1 Å². The van der Waals surface area contributed by atoms with Gasteiger partial charge in [0.05, 0.1) is 34.3 Å². The molecule has 33 heavy (non-hydrogen) atoms. The highest BCUT2D eigenvalue weighted by molar-refractivity contribution is 8.26. The Hall–Kier alpha value is -2.16. The number of piperidine rings is 1. The van der Waals surface area contributed by atoms with Crippen molar-refractivity contribution in [2.24, 2.45) is 0 Å². The fraction of sp³-hybridized carbons (Fsp3) is 0.480. The summed E-state index contributed by atoms with van der Waals surface area (Å²) < 4.78 is 8.07. The van der Waals surface area contributed by atoms with Crippen molar-refractivity contribution in [3.8, 4) is 0 Å². The van der Waals surface area contributed by atoms with Gasteiger partial charge >= 0.3 is 0 Å². The van der Waals surface area contributed by atoms with E-state index in [-0.39, 0.29) is 17.6 Å². The number of benzene rings is 1. The van der Waals surface area contributed by atoms with Crippen molar-refractivity contribution in [1.29, 1.82) is 0 Å². The van der Waals surface area contributed by atoms with E-state index in [1.165, 1.54) is 18.2 Å². The highest BCUT2D eigenvalue weighted by Crippen LogP contribution is 2.37. The van der Waals surface area contributed by atoms with Crippen LogP contribution in [0.4, 0.5) is 5.69 Å². The van der Waals surface area contributed by atoms with E-state index in [0.29, 0.717) is 27.9 Å². The zero-order valence-electron chi connectivity index (χ0n) is 18.9. The third-order valence-electron chi connectivity index (χ3n) is 6.73. The molecule has 1 atom stereocenters. The number of rotatable bonds is 5. The normalized spacial score (nSPS) is 22.8. The van der Waals surface area contributed by atoms with E-state index in [2.05, 4.69) is 11.0 Å². The second-order valence-corrected chi connectivity index (χ2v) is 10.5. The number of thiocarbonyl (C=S) groups is 1. The van der Waals surface area contributed by atoms with Crippen LogP contribution in [0.3, 0.4) is 0 Å². The van der Waals surface area contributed by atoms with Gasteiger partial charge in [-0.05, 0) is 51.2 Å². The topological polar surface area (TPSA) is 54.8 Å². The minimum absolute atomic E-state index is 0.0359. The lowest BCUT2D eigenvalue weighted by Crippen LogP contribution is -2.35. The third-order valence-corrected chi connectivity index (χ3v) is 8.11. The van der Waals surface area contributed by atoms with Gasteiger partial charge in [0.1, 0.15) is 4.32 Å². The van der Waals surface area contributed by atoms with Gasteiger partial charge in [-0.25, -0.2) is 0 Å². The lowest BCUT2D eigenvalue weighted by molar-refractivity contribution is -0.123. The van der Waals surface area contributed by atoms with Crippen LogP contribution in [-0.2, 0) is 16.1 Å². The second kappa shape index (κ2) is 9.60. The molecule has 8 heteroatoms. The summed E-state index contributed by atoms with van der Waals surface area (Å²) in [6, 6.07) is 8.10. The Morgan fingerprint density at radius 1 is 1.15 bits per heavy atom.